The molecule has 0 spiro atoms. The van der Waals surface area contributed by atoms with Gasteiger partial charge in [-0.2, -0.15) is 15.1 Å². The van der Waals surface area contributed by atoms with Crippen LogP contribution in [0.1, 0.15) is 61.8 Å². The number of piperidine rings is 1. The molecule has 1 atom stereocenters. The summed E-state index contributed by atoms with van der Waals surface area (Å²) in [6.45, 7) is 24.3. The van der Waals surface area contributed by atoms with Crippen molar-refractivity contribution in [3.05, 3.63) is 6.20 Å². The minimum Gasteiger partial charge on any atom is -0.392 e. The van der Waals surface area contributed by atoms with E-state index in [0.717, 1.165) is 68.6 Å². The summed E-state index contributed by atoms with van der Waals surface area (Å²) in [5.74, 6) is 1.71. The first-order chi connectivity index (χ1) is 16.7. The SMILES string of the molecule is CC1(C)CN(c2nc(N3CCC(C)(N4CCOCC4)C3)c3cnn(C(C)(C)C)c3n2)CC(C)(C)C1O. The normalized spacial score (nSPS) is 27.8. The van der Waals surface area contributed by atoms with E-state index in [-0.39, 0.29) is 21.9 Å². The average molecular weight is 500 g/mol. The van der Waals surface area contributed by atoms with Gasteiger partial charge in [0.1, 0.15) is 5.82 Å². The fourth-order valence-electron chi connectivity index (χ4n) is 6.65. The van der Waals surface area contributed by atoms with Crippen molar-refractivity contribution in [3.8, 4) is 0 Å². The summed E-state index contributed by atoms with van der Waals surface area (Å²) in [5, 5.41) is 16.8. The molecule has 3 saturated heterocycles. The second-order valence-electron chi connectivity index (χ2n) is 13.8. The van der Waals surface area contributed by atoms with Crippen molar-refractivity contribution in [2.75, 3.05) is 62.3 Å². The Labute approximate surface area is 215 Å². The predicted molar refractivity (Wildman–Crippen MR) is 144 cm³/mol. The molecule has 1 N–H and O–H groups in total. The second-order valence-corrected chi connectivity index (χ2v) is 13.8. The van der Waals surface area contributed by atoms with E-state index < -0.39 is 6.10 Å². The highest BCUT2D eigenvalue weighted by Crippen LogP contribution is 2.42. The van der Waals surface area contributed by atoms with Crippen LogP contribution >= 0.6 is 0 Å². The third-order valence-corrected chi connectivity index (χ3v) is 8.52. The summed E-state index contributed by atoms with van der Waals surface area (Å²) in [7, 11) is 0. The Balaban J connectivity index is 1.57. The molecule has 36 heavy (non-hydrogen) atoms. The van der Waals surface area contributed by atoms with Gasteiger partial charge in [0.15, 0.2) is 5.65 Å². The summed E-state index contributed by atoms with van der Waals surface area (Å²) < 4.78 is 7.65. The molecule has 0 aromatic carbocycles. The molecule has 2 aromatic rings. The van der Waals surface area contributed by atoms with Crippen LogP contribution in [0.3, 0.4) is 0 Å². The topological polar surface area (TPSA) is 82.8 Å². The highest BCUT2D eigenvalue weighted by atomic mass is 16.5. The minimum absolute atomic E-state index is 0.0977. The molecule has 5 rings (SSSR count). The third-order valence-electron chi connectivity index (χ3n) is 8.52. The Morgan fingerprint density at radius 1 is 0.917 bits per heavy atom. The molecule has 9 heteroatoms. The Bertz CT molecular complexity index is 1100. The summed E-state index contributed by atoms with van der Waals surface area (Å²) in [6, 6.07) is 0. The maximum absolute atomic E-state index is 11.0. The summed E-state index contributed by atoms with van der Waals surface area (Å²) in [6.07, 6.45) is 2.65. The van der Waals surface area contributed by atoms with E-state index >= 15 is 0 Å². The second kappa shape index (κ2) is 8.53. The number of aliphatic hydroxyl groups excluding tert-OH is 1. The van der Waals surface area contributed by atoms with Crippen LogP contribution in [0.15, 0.2) is 6.20 Å². The molecule has 0 radical (unpaired) electrons. The Morgan fingerprint density at radius 2 is 1.56 bits per heavy atom. The number of hydrogen-bond acceptors (Lipinski definition) is 8. The van der Waals surface area contributed by atoms with Gasteiger partial charge in [-0.25, -0.2) is 4.68 Å². The lowest BCUT2D eigenvalue weighted by atomic mass is 9.68. The molecule has 2 aromatic heterocycles. The third kappa shape index (κ3) is 4.37. The lowest BCUT2D eigenvalue weighted by molar-refractivity contribution is -0.0535. The number of anilines is 2. The number of nitrogens with zero attached hydrogens (tertiary/aromatic N) is 7. The van der Waals surface area contributed by atoms with Gasteiger partial charge in [-0.05, 0) is 34.1 Å². The van der Waals surface area contributed by atoms with Crippen LogP contribution in [0, 0.1) is 10.8 Å². The summed E-state index contributed by atoms with van der Waals surface area (Å²) in [5.41, 5.74) is 0.235. The number of aromatic nitrogens is 4. The van der Waals surface area contributed by atoms with Gasteiger partial charge in [0.05, 0.1) is 36.4 Å². The fourth-order valence-corrected chi connectivity index (χ4v) is 6.65. The molecule has 3 aliphatic heterocycles. The zero-order valence-corrected chi connectivity index (χ0v) is 23.5. The van der Waals surface area contributed by atoms with Gasteiger partial charge < -0.3 is 19.6 Å². The molecule has 200 valence electrons. The quantitative estimate of drug-likeness (QED) is 0.690. The van der Waals surface area contributed by atoms with E-state index in [1.54, 1.807) is 0 Å². The van der Waals surface area contributed by atoms with Crippen molar-refractivity contribution in [1.29, 1.82) is 0 Å². The van der Waals surface area contributed by atoms with Gasteiger partial charge in [-0.1, -0.05) is 27.7 Å². The molecular formula is C27H45N7O2. The first-order valence-electron chi connectivity index (χ1n) is 13.5. The summed E-state index contributed by atoms with van der Waals surface area (Å²) >= 11 is 0. The van der Waals surface area contributed by atoms with Gasteiger partial charge >= 0.3 is 0 Å². The van der Waals surface area contributed by atoms with E-state index in [1.165, 1.54) is 0 Å². The first kappa shape index (κ1) is 25.7. The molecule has 0 saturated carbocycles. The number of fused-ring (bicyclic) bond motifs is 1. The van der Waals surface area contributed by atoms with E-state index in [9.17, 15) is 5.11 Å². The molecule has 0 amide bonds. The van der Waals surface area contributed by atoms with Crippen LogP contribution in [-0.2, 0) is 10.3 Å². The Morgan fingerprint density at radius 3 is 2.17 bits per heavy atom. The van der Waals surface area contributed by atoms with E-state index in [1.807, 2.05) is 10.9 Å². The van der Waals surface area contributed by atoms with Crippen molar-refractivity contribution >= 4 is 22.8 Å². The number of morpholine rings is 1. The lowest BCUT2D eigenvalue weighted by Crippen LogP contribution is -2.58. The van der Waals surface area contributed by atoms with Crippen molar-refractivity contribution in [1.82, 2.24) is 24.6 Å². The van der Waals surface area contributed by atoms with Crippen LogP contribution in [0.25, 0.3) is 11.0 Å². The monoisotopic (exact) mass is 499 g/mol. The Kier molecular flexibility index (Phi) is 6.08. The van der Waals surface area contributed by atoms with Gasteiger partial charge in [-0.15, -0.1) is 0 Å². The minimum atomic E-state index is -0.391. The fraction of sp³-hybridized carbons (Fsp3) is 0.815. The lowest BCUT2D eigenvalue weighted by Gasteiger charge is -2.51. The van der Waals surface area contributed by atoms with Crippen LogP contribution in [0.4, 0.5) is 11.8 Å². The number of ether oxygens (including phenoxy) is 1. The highest BCUT2D eigenvalue weighted by Gasteiger charge is 2.47. The van der Waals surface area contributed by atoms with E-state index in [4.69, 9.17) is 19.8 Å². The highest BCUT2D eigenvalue weighted by molar-refractivity contribution is 5.88. The molecule has 1 unspecified atom stereocenters. The van der Waals surface area contributed by atoms with Gasteiger partial charge in [0, 0.05) is 55.6 Å². The molecule has 0 bridgehead atoms. The van der Waals surface area contributed by atoms with Gasteiger partial charge in [0.2, 0.25) is 5.95 Å². The summed E-state index contributed by atoms with van der Waals surface area (Å²) in [4.78, 5) is 17.6. The average Bonchev–Trinajstić information content (AvgIpc) is 3.41. The van der Waals surface area contributed by atoms with Crippen LogP contribution < -0.4 is 9.80 Å². The molecule has 5 heterocycles. The Hall–Kier alpha value is -1.97. The maximum atomic E-state index is 11.0. The largest absolute Gasteiger partial charge is 0.392 e. The molecule has 3 fully saturated rings. The van der Waals surface area contributed by atoms with E-state index in [2.05, 4.69) is 70.1 Å². The van der Waals surface area contributed by atoms with Gasteiger partial charge in [-0.3, -0.25) is 4.90 Å². The van der Waals surface area contributed by atoms with Crippen LogP contribution in [0.2, 0.25) is 0 Å². The molecule has 0 aliphatic carbocycles. The van der Waals surface area contributed by atoms with Crippen LogP contribution in [0.5, 0.6) is 0 Å². The van der Waals surface area contributed by atoms with Crippen molar-refractivity contribution < 1.29 is 9.84 Å². The standard InChI is InChI=1S/C27H45N7O2/c1-24(2,3)34-21-19(15-28-34)20(31-10-9-27(8,18-31)33-11-13-36-14-12-33)29-23(30-21)32-16-25(4,5)22(35)26(6,7)17-32/h15,22,35H,9-14,16-18H2,1-8H3. The van der Waals surface area contributed by atoms with Crippen molar-refractivity contribution in [2.24, 2.45) is 10.8 Å². The molecule has 9 nitrogen and oxygen atoms in total. The van der Waals surface area contributed by atoms with Crippen molar-refractivity contribution in [3.63, 3.8) is 0 Å². The van der Waals surface area contributed by atoms with Crippen LogP contribution in [-0.4, -0.2) is 93.9 Å². The molecule has 3 aliphatic rings. The zero-order valence-electron chi connectivity index (χ0n) is 23.5. The number of hydrogen-bond donors (Lipinski definition) is 1. The maximum Gasteiger partial charge on any atom is 0.229 e. The van der Waals surface area contributed by atoms with E-state index in [0.29, 0.717) is 13.1 Å². The zero-order chi connectivity index (χ0) is 26.1. The number of rotatable bonds is 3. The first-order valence-corrected chi connectivity index (χ1v) is 13.5. The molecular weight excluding hydrogens is 454 g/mol. The smallest absolute Gasteiger partial charge is 0.229 e. The predicted octanol–water partition coefficient (Wildman–Crippen LogP) is 3.12. The number of aliphatic hydroxyl groups is 1. The van der Waals surface area contributed by atoms with Crippen molar-refractivity contribution in [2.45, 2.75) is 79.0 Å². The van der Waals surface area contributed by atoms with Gasteiger partial charge in [0.25, 0.3) is 0 Å².